The summed E-state index contributed by atoms with van der Waals surface area (Å²) in [5.74, 6) is 0.983. The second-order valence-electron chi connectivity index (χ2n) is 5.20. The molecule has 1 aliphatic heterocycles. The van der Waals surface area contributed by atoms with E-state index < -0.39 is 5.60 Å². The number of aliphatic hydroxyl groups is 1. The fraction of sp³-hybridized carbons (Fsp3) is 0.769. The zero-order valence-electron chi connectivity index (χ0n) is 10.9. The van der Waals surface area contributed by atoms with E-state index in [9.17, 15) is 5.11 Å². The van der Waals surface area contributed by atoms with Crippen LogP contribution in [0.1, 0.15) is 32.0 Å². The summed E-state index contributed by atoms with van der Waals surface area (Å²) in [5.41, 5.74) is -0.552. The lowest BCUT2D eigenvalue weighted by atomic mass is 9.88. The van der Waals surface area contributed by atoms with Gasteiger partial charge in [0.2, 0.25) is 0 Å². The number of hydrogen-bond acceptors (Lipinski definition) is 3. The molecule has 1 saturated heterocycles. The molecule has 1 N–H and O–H groups in total. The average molecular weight is 237 g/mol. The predicted molar refractivity (Wildman–Crippen MR) is 67.8 cm³/mol. The van der Waals surface area contributed by atoms with Crippen LogP contribution in [0.3, 0.4) is 0 Å². The van der Waals surface area contributed by atoms with Gasteiger partial charge in [-0.15, -0.1) is 0 Å². The quantitative estimate of drug-likeness (QED) is 0.855. The van der Waals surface area contributed by atoms with Gasteiger partial charge in [0.05, 0.1) is 5.60 Å². The molecule has 1 fully saturated rings. The van der Waals surface area contributed by atoms with Crippen molar-refractivity contribution in [2.75, 3.05) is 19.6 Å². The molecule has 0 unspecified atom stereocenters. The monoisotopic (exact) mass is 237 g/mol. The summed E-state index contributed by atoms with van der Waals surface area (Å²) >= 11 is 0. The molecule has 0 atom stereocenters. The molecular formula is C13H23N3O. The first-order valence-electron chi connectivity index (χ1n) is 6.54. The largest absolute Gasteiger partial charge is 0.389 e. The Kier molecular flexibility index (Phi) is 3.84. The molecule has 0 spiro atoms. The molecule has 0 saturated carbocycles. The minimum atomic E-state index is -0.552. The Balaban J connectivity index is 1.91. The van der Waals surface area contributed by atoms with E-state index >= 15 is 0 Å². The van der Waals surface area contributed by atoms with Crippen LogP contribution in [-0.4, -0.2) is 44.8 Å². The molecule has 17 heavy (non-hydrogen) atoms. The van der Waals surface area contributed by atoms with E-state index in [2.05, 4.69) is 16.8 Å². The molecule has 0 radical (unpaired) electrons. The summed E-state index contributed by atoms with van der Waals surface area (Å²) in [6, 6.07) is 0. The number of rotatable bonds is 4. The Morgan fingerprint density at radius 1 is 1.41 bits per heavy atom. The number of aryl methyl sites for hydroxylation is 1. The summed E-state index contributed by atoms with van der Waals surface area (Å²) in [7, 11) is 1.98. The van der Waals surface area contributed by atoms with Crippen molar-refractivity contribution >= 4 is 0 Å². The van der Waals surface area contributed by atoms with Crippen LogP contribution in [0.2, 0.25) is 0 Å². The highest BCUT2D eigenvalue weighted by Crippen LogP contribution is 2.25. The first-order chi connectivity index (χ1) is 8.13. The third-order valence-corrected chi connectivity index (χ3v) is 3.73. The highest BCUT2D eigenvalue weighted by molar-refractivity contribution is 5.00. The maximum absolute atomic E-state index is 10.6. The van der Waals surface area contributed by atoms with Crippen molar-refractivity contribution < 1.29 is 5.11 Å². The Morgan fingerprint density at radius 3 is 2.65 bits per heavy atom. The third-order valence-electron chi connectivity index (χ3n) is 3.73. The highest BCUT2D eigenvalue weighted by atomic mass is 16.3. The molecule has 2 rings (SSSR count). The van der Waals surface area contributed by atoms with Gasteiger partial charge in [-0.3, -0.25) is 0 Å². The second kappa shape index (κ2) is 5.19. The van der Waals surface area contributed by atoms with Gasteiger partial charge >= 0.3 is 0 Å². The molecule has 4 heteroatoms. The van der Waals surface area contributed by atoms with Crippen LogP contribution in [0, 0.1) is 0 Å². The first-order valence-corrected chi connectivity index (χ1v) is 6.54. The average Bonchev–Trinajstić information content (AvgIpc) is 2.68. The van der Waals surface area contributed by atoms with Crippen molar-refractivity contribution in [2.24, 2.45) is 7.05 Å². The van der Waals surface area contributed by atoms with Crippen molar-refractivity contribution in [1.29, 1.82) is 0 Å². The SMILES string of the molecule is CCCN1CCC(O)(Cc2nccn2C)CC1. The van der Waals surface area contributed by atoms with Gasteiger partial charge in [-0.2, -0.15) is 0 Å². The van der Waals surface area contributed by atoms with Gasteiger partial charge in [-0.25, -0.2) is 4.98 Å². The molecular weight excluding hydrogens is 214 g/mol. The van der Waals surface area contributed by atoms with E-state index in [1.54, 1.807) is 6.20 Å². The lowest BCUT2D eigenvalue weighted by Crippen LogP contribution is -2.46. The highest BCUT2D eigenvalue weighted by Gasteiger charge is 2.33. The van der Waals surface area contributed by atoms with E-state index in [1.165, 1.54) is 6.42 Å². The van der Waals surface area contributed by atoms with E-state index in [-0.39, 0.29) is 0 Å². The van der Waals surface area contributed by atoms with Gasteiger partial charge < -0.3 is 14.6 Å². The number of piperidine rings is 1. The molecule has 0 aliphatic carbocycles. The minimum absolute atomic E-state index is 0.552. The van der Waals surface area contributed by atoms with Crippen molar-refractivity contribution in [3.8, 4) is 0 Å². The molecule has 0 bridgehead atoms. The van der Waals surface area contributed by atoms with E-state index in [1.807, 2.05) is 17.8 Å². The van der Waals surface area contributed by atoms with E-state index in [0.29, 0.717) is 6.42 Å². The van der Waals surface area contributed by atoms with Gasteiger partial charge in [0.15, 0.2) is 0 Å². The Hall–Kier alpha value is -0.870. The molecule has 0 aromatic carbocycles. The number of aromatic nitrogens is 2. The molecule has 1 aromatic rings. The Bertz CT molecular complexity index is 353. The normalized spacial score (nSPS) is 20.6. The van der Waals surface area contributed by atoms with Crippen LogP contribution in [0.5, 0.6) is 0 Å². The van der Waals surface area contributed by atoms with Crippen LogP contribution in [0.25, 0.3) is 0 Å². The van der Waals surface area contributed by atoms with Gasteiger partial charge in [0.1, 0.15) is 5.82 Å². The lowest BCUT2D eigenvalue weighted by Gasteiger charge is -2.38. The maximum Gasteiger partial charge on any atom is 0.111 e. The second-order valence-corrected chi connectivity index (χ2v) is 5.20. The maximum atomic E-state index is 10.6. The van der Waals surface area contributed by atoms with Gasteiger partial charge in [0, 0.05) is 39.0 Å². The van der Waals surface area contributed by atoms with E-state index in [0.717, 1.165) is 38.3 Å². The molecule has 0 amide bonds. The number of likely N-dealkylation sites (tertiary alicyclic amines) is 1. The topological polar surface area (TPSA) is 41.3 Å². The minimum Gasteiger partial charge on any atom is -0.389 e. The van der Waals surface area contributed by atoms with Crippen molar-refractivity contribution in [1.82, 2.24) is 14.5 Å². The molecule has 1 aromatic heterocycles. The number of nitrogens with zero attached hydrogens (tertiary/aromatic N) is 3. The Morgan fingerprint density at radius 2 is 2.12 bits per heavy atom. The van der Waals surface area contributed by atoms with Crippen LogP contribution >= 0.6 is 0 Å². The van der Waals surface area contributed by atoms with Crippen LogP contribution in [0.15, 0.2) is 12.4 Å². The van der Waals surface area contributed by atoms with Gasteiger partial charge in [0.25, 0.3) is 0 Å². The molecule has 96 valence electrons. The molecule has 2 heterocycles. The van der Waals surface area contributed by atoms with Gasteiger partial charge in [-0.05, 0) is 25.8 Å². The standard InChI is InChI=1S/C13H23N3O/c1-3-7-16-8-4-13(17,5-9-16)11-12-14-6-10-15(12)2/h6,10,17H,3-5,7-9,11H2,1-2H3. The van der Waals surface area contributed by atoms with Gasteiger partial charge in [-0.1, -0.05) is 6.92 Å². The predicted octanol–water partition coefficient (Wildman–Crippen LogP) is 1.20. The van der Waals surface area contributed by atoms with Crippen molar-refractivity contribution in [3.63, 3.8) is 0 Å². The van der Waals surface area contributed by atoms with Crippen molar-refractivity contribution in [3.05, 3.63) is 18.2 Å². The van der Waals surface area contributed by atoms with Crippen molar-refractivity contribution in [2.45, 2.75) is 38.2 Å². The third kappa shape index (κ3) is 3.07. The molecule has 4 nitrogen and oxygen atoms in total. The summed E-state index contributed by atoms with van der Waals surface area (Å²) in [4.78, 5) is 6.74. The van der Waals surface area contributed by atoms with Crippen LogP contribution in [-0.2, 0) is 13.5 Å². The smallest absolute Gasteiger partial charge is 0.111 e. The lowest BCUT2D eigenvalue weighted by molar-refractivity contribution is -0.0223. The van der Waals surface area contributed by atoms with E-state index in [4.69, 9.17) is 0 Å². The first kappa shape index (κ1) is 12.6. The zero-order valence-corrected chi connectivity index (χ0v) is 10.9. The van der Waals surface area contributed by atoms with Crippen LogP contribution < -0.4 is 0 Å². The fourth-order valence-electron chi connectivity index (χ4n) is 2.55. The molecule has 1 aliphatic rings. The summed E-state index contributed by atoms with van der Waals surface area (Å²) in [6.45, 7) is 5.37. The number of imidazole rings is 1. The Labute approximate surface area is 103 Å². The fourth-order valence-corrected chi connectivity index (χ4v) is 2.55. The van der Waals surface area contributed by atoms with Crippen LogP contribution in [0.4, 0.5) is 0 Å². The summed E-state index contributed by atoms with van der Waals surface area (Å²) in [6.07, 6.45) is 7.32. The zero-order chi connectivity index (χ0) is 12.3. The number of hydrogen-bond donors (Lipinski definition) is 1. The summed E-state index contributed by atoms with van der Waals surface area (Å²) < 4.78 is 2.00. The summed E-state index contributed by atoms with van der Waals surface area (Å²) in [5, 5.41) is 10.6.